The molecular weight excluding hydrogens is 384 g/mol. The fraction of sp³-hybridized carbons (Fsp3) is 0.348. The molecule has 150 valence electrons. The van der Waals surface area contributed by atoms with Crippen LogP contribution >= 0.6 is 11.6 Å². The first-order chi connectivity index (χ1) is 14.0. The summed E-state index contributed by atoms with van der Waals surface area (Å²) in [6, 6.07) is 13.4. The molecule has 1 aliphatic rings. The van der Waals surface area contributed by atoms with Crippen molar-refractivity contribution in [2.45, 2.75) is 45.6 Å². The Hall–Kier alpha value is -2.66. The lowest BCUT2D eigenvalue weighted by molar-refractivity contribution is 0.0917. The Morgan fingerprint density at radius 2 is 1.83 bits per heavy atom. The van der Waals surface area contributed by atoms with Gasteiger partial charge in [-0.3, -0.25) is 4.79 Å². The van der Waals surface area contributed by atoms with Gasteiger partial charge in [-0.05, 0) is 62.8 Å². The van der Waals surface area contributed by atoms with E-state index in [-0.39, 0.29) is 11.9 Å². The highest BCUT2D eigenvalue weighted by Gasteiger charge is 2.26. The van der Waals surface area contributed by atoms with E-state index in [1.165, 1.54) is 0 Å². The summed E-state index contributed by atoms with van der Waals surface area (Å²) in [7, 11) is 0. The molecule has 4 rings (SSSR count). The summed E-state index contributed by atoms with van der Waals surface area (Å²) in [6.07, 6.45) is 6.08. The maximum absolute atomic E-state index is 13.1. The van der Waals surface area contributed by atoms with E-state index in [1.807, 2.05) is 49.4 Å². The molecule has 6 heteroatoms. The zero-order valence-electron chi connectivity index (χ0n) is 16.7. The second kappa shape index (κ2) is 8.37. The average molecular weight is 409 g/mol. The smallest absolute Gasteiger partial charge is 0.272 e. The van der Waals surface area contributed by atoms with Crippen LogP contribution in [-0.4, -0.2) is 26.7 Å². The molecule has 29 heavy (non-hydrogen) atoms. The first-order valence-electron chi connectivity index (χ1n) is 10.1. The van der Waals surface area contributed by atoms with Crippen LogP contribution in [0.3, 0.4) is 0 Å². The third-order valence-electron chi connectivity index (χ3n) is 5.67. The number of hydrogen-bond acceptors (Lipinski definition) is 3. The Balaban J connectivity index is 1.71. The predicted octanol–water partition coefficient (Wildman–Crippen LogP) is 5.20. The Labute approximate surface area is 176 Å². The minimum Gasteiger partial charge on any atom is -0.348 e. The molecule has 0 unspecified atom stereocenters. The van der Waals surface area contributed by atoms with Crippen molar-refractivity contribution in [3.05, 3.63) is 64.9 Å². The van der Waals surface area contributed by atoms with E-state index in [9.17, 15) is 4.79 Å². The molecule has 0 aliphatic heterocycles. The van der Waals surface area contributed by atoms with Crippen molar-refractivity contribution >= 4 is 17.5 Å². The summed E-state index contributed by atoms with van der Waals surface area (Å²) in [5.74, 6) is 1.29. The number of rotatable bonds is 4. The van der Waals surface area contributed by atoms with Gasteiger partial charge < -0.3 is 5.32 Å². The number of benzene rings is 1. The number of nitrogens with one attached hydrogen (secondary N) is 1. The third kappa shape index (κ3) is 4.20. The van der Waals surface area contributed by atoms with Crippen LogP contribution in [0, 0.1) is 12.8 Å². The van der Waals surface area contributed by atoms with Gasteiger partial charge in [-0.2, -0.15) is 5.10 Å². The lowest BCUT2D eigenvalue weighted by Crippen LogP contribution is -2.37. The zero-order chi connectivity index (χ0) is 20.4. The number of nitrogens with zero attached hydrogens (tertiary/aromatic N) is 3. The summed E-state index contributed by atoms with van der Waals surface area (Å²) >= 11 is 6.07. The van der Waals surface area contributed by atoms with Crippen molar-refractivity contribution in [2.24, 2.45) is 5.92 Å². The molecule has 1 aromatic carbocycles. The van der Waals surface area contributed by atoms with Gasteiger partial charge in [0.15, 0.2) is 11.5 Å². The molecule has 2 aromatic heterocycles. The average Bonchev–Trinajstić information content (AvgIpc) is 3.08. The van der Waals surface area contributed by atoms with E-state index in [1.54, 1.807) is 10.9 Å². The molecular formula is C23H25ClN4O. The van der Waals surface area contributed by atoms with Gasteiger partial charge in [0, 0.05) is 28.4 Å². The molecule has 1 amide bonds. The first-order valence-corrected chi connectivity index (χ1v) is 10.5. The maximum atomic E-state index is 13.1. The number of carbonyl (C=O) groups is 1. The number of aromatic nitrogens is 3. The summed E-state index contributed by atoms with van der Waals surface area (Å²) in [4.78, 5) is 17.5. The van der Waals surface area contributed by atoms with Gasteiger partial charge >= 0.3 is 0 Å². The van der Waals surface area contributed by atoms with Crippen molar-refractivity contribution in [3.63, 3.8) is 0 Å². The standard InChI is InChI=1S/C23H25ClN4O/c1-15-6-12-19(13-7-15)26-23(29)21-16(2)22(17-8-10-18(24)11-9-17)28(27-21)20-5-3-4-14-25-20/h3-5,8-11,14-15,19H,6-7,12-13H2,1-2H3,(H,26,29). The highest BCUT2D eigenvalue weighted by atomic mass is 35.5. The predicted molar refractivity (Wildman–Crippen MR) is 115 cm³/mol. The van der Waals surface area contributed by atoms with Crippen LogP contribution in [0.5, 0.6) is 0 Å². The van der Waals surface area contributed by atoms with E-state index in [0.29, 0.717) is 16.5 Å². The SMILES string of the molecule is Cc1c(C(=O)NC2CCC(C)CC2)nn(-c2ccccn2)c1-c1ccc(Cl)cc1. The normalized spacial score (nSPS) is 19.1. The third-order valence-corrected chi connectivity index (χ3v) is 5.92. The van der Waals surface area contributed by atoms with Crippen LogP contribution < -0.4 is 5.32 Å². The highest BCUT2D eigenvalue weighted by molar-refractivity contribution is 6.30. The van der Waals surface area contributed by atoms with Gasteiger partial charge in [-0.25, -0.2) is 9.67 Å². The van der Waals surface area contributed by atoms with E-state index in [4.69, 9.17) is 11.6 Å². The topological polar surface area (TPSA) is 59.8 Å². The molecule has 0 bridgehead atoms. The van der Waals surface area contributed by atoms with E-state index in [0.717, 1.165) is 48.4 Å². The number of hydrogen-bond donors (Lipinski definition) is 1. The molecule has 1 N–H and O–H groups in total. The van der Waals surface area contributed by atoms with Crippen LogP contribution in [-0.2, 0) is 0 Å². The summed E-state index contributed by atoms with van der Waals surface area (Å²) in [6.45, 7) is 4.21. The fourth-order valence-corrected chi connectivity index (χ4v) is 4.09. The van der Waals surface area contributed by atoms with Gasteiger partial charge in [-0.15, -0.1) is 0 Å². The molecule has 0 atom stereocenters. The van der Waals surface area contributed by atoms with Gasteiger partial charge in [0.1, 0.15) is 0 Å². The Morgan fingerprint density at radius 1 is 1.10 bits per heavy atom. The number of pyridine rings is 1. The summed E-state index contributed by atoms with van der Waals surface area (Å²) < 4.78 is 1.75. The molecule has 1 aliphatic carbocycles. The lowest BCUT2D eigenvalue weighted by atomic mass is 9.87. The van der Waals surface area contributed by atoms with Gasteiger partial charge in [0.25, 0.3) is 5.91 Å². The van der Waals surface area contributed by atoms with Crippen LogP contribution in [0.15, 0.2) is 48.7 Å². The number of halogens is 1. The van der Waals surface area contributed by atoms with Crippen molar-refractivity contribution in [2.75, 3.05) is 0 Å². The van der Waals surface area contributed by atoms with Crippen molar-refractivity contribution in [1.29, 1.82) is 0 Å². The molecule has 1 fully saturated rings. The van der Waals surface area contributed by atoms with Crippen LogP contribution in [0.25, 0.3) is 17.1 Å². The minimum atomic E-state index is -0.119. The quantitative estimate of drug-likeness (QED) is 0.645. The second-order valence-corrected chi connectivity index (χ2v) is 8.30. The van der Waals surface area contributed by atoms with Crippen molar-refractivity contribution in [1.82, 2.24) is 20.1 Å². The Bertz CT molecular complexity index is 990. The largest absolute Gasteiger partial charge is 0.348 e. The molecule has 0 saturated heterocycles. The molecule has 1 saturated carbocycles. The Morgan fingerprint density at radius 3 is 2.48 bits per heavy atom. The molecule has 3 aromatic rings. The highest BCUT2D eigenvalue weighted by Crippen LogP contribution is 2.30. The van der Waals surface area contributed by atoms with E-state index >= 15 is 0 Å². The van der Waals surface area contributed by atoms with Crippen LogP contribution in [0.2, 0.25) is 5.02 Å². The molecule has 2 heterocycles. The Kier molecular flexibility index (Phi) is 5.67. The number of amides is 1. The van der Waals surface area contributed by atoms with Crippen molar-refractivity contribution in [3.8, 4) is 17.1 Å². The van der Waals surface area contributed by atoms with Gasteiger partial charge in [-0.1, -0.05) is 36.7 Å². The molecule has 0 radical (unpaired) electrons. The lowest BCUT2D eigenvalue weighted by Gasteiger charge is -2.26. The number of carbonyl (C=O) groups excluding carboxylic acids is 1. The zero-order valence-corrected chi connectivity index (χ0v) is 17.5. The van der Waals surface area contributed by atoms with Gasteiger partial charge in [0.05, 0.1) is 5.69 Å². The summed E-state index contributed by atoms with van der Waals surface area (Å²) in [5, 5.41) is 8.53. The van der Waals surface area contributed by atoms with Crippen LogP contribution in [0.1, 0.15) is 48.7 Å². The summed E-state index contributed by atoms with van der Waals surface area (Å²) in [5.41, 5.74) is 3.07. The van der Waals surface area contributed by atoms with E-state index in [2.05, 4.69) is 22.3 Å². The van der Waals surface area contributed by atoms with Crippen LogP contribution in [0.4, 0.5) is 0 Å². The van der Waals surface area contributed by atoms with E-state index < -0.39 is 0 Å². The minimum absolute atomic E-state index is 0.119. The second-order valence-electron chi connectivity index (χ2n) is 7.86. The monoisotopic (exact) mass is 408 g/mol. The first kappa shape index (κ1) is 19.6. The molecule has 5 nitrogen and oxygen atoms in total. The van der Waals surface area contributed by atoms with Gasteiger partial charge in [0.2, 0.25) is 0 Å². The fourth-order valence-electron chi connectivity index (χ4n) is 3.96. The maximum Gasteiger partial charge on any atom is 0.272 e. The molecule has 0 spiro atoms. The van der Waals surface area contributed by atoms with Crippen molar-refractivity contribution < 1.29 is 4.79 Å².